The molecule has 1 aromatic rings. The van der Waals surface area contributed by atoms with Gasteiger partial charge in [0.25, 0.3) is 0 Å². The fraction of sp³-hybridized carbons (Fsp3) is 0.714. The Labute approximate surface area is 108 Å². The Morgan fingerprint density at radius 3 is 3.12 bits per heavy atom. The van der Waals surface area contributed by atoms with E-state index >= 15 is 0 Å². The second kappa shape index (κ2) is 4.71. The van der Waals surface area contributed by atoms with Gasteiger partial charge in [0.1, 0.15) is 0 Å². The average molecular weight is 250 g/mol. The Hall–Kier alpha value is -0.380. The molecule has 2 nitrogen and oxygen atoms in total. The maximum absolute atomic E-state index is 6.13. The Morgan fingerprint density at radius 2 is 2.29 bits per heavy atom. The van der Waals surface area contributed by atoms with Crippen LogP contribution < -0.4 is 5.73 Å². The summed E-state index contributed by atoms with van der Waals surface area (Å²) in [5, 5.41) is 2.25. The highest BCUT2D eigenvalue weighted by Gasteiger charge is 2.32. The molecule has 0 aromatic carbocycles. The highest BCUT2D eigenvalue weighted by molar-refractivity contribution is 7.10. The molecule has 2 N–H and O–H groups in total. The number of nitrogens with two attached hydrogens (primary N) is 1. The topological polar surface area (TPSA) is 29.3 Å². The van der Waals surface area contributed by atoms with E-state index in [4.69, 9.17) is 5.73 Å². The number of hydrogen-bond donors (Lipinski definition) is 1. The van der Waals surface area contributed by atoms with Gasteiger partial charge in [0.05, 0.1) is 0 Å². The van der Waals surface area contributed by atoms with Gasteiger partial charge < -0.3 is 5.73 Å². The molecule has 0 bridgehead atoms. The standard InChI is InChI=1S/C14H22N2S/c1-10-13-6-8-17-14(13)5-7-16(10)12-4-2-3-11(15)9-12/h6,8,10-12H,2-5,7,9,15H2,1H3. The van der Waals surface area contributed by atoms with Crippen molar-refractivity contribution in [2.24, 2.45) is 5.73 Å². The largest absolute Gasteiger partial charge is 0.328 e. The summed E-state index contributed by atoms with van der Waals surface area (Å²) in [4.78, 5) is 4.31. The molecule has 0 radical (unpaired) electrons. The van der Waals surface area contributed by atoms with Crippen LogP contribution >= 0.6 is 11.3 Å². The fourth-order valence-electron chi connectivity index (χ4n) is 3.53. The van der Waals surface area contributed by atoms with Crippen molar-refractivity contribution < 1.29 is 0 Å². The van der Waals surface area contributed by atoms with Gasteiger partial charge in [0, 0.05) is 29.5 Å². The van der Waals surface area contributed by atoms with Gasteiger partial charge in [-0.1, -0.05) is 6.42 Å². The van der Waals surface area contributed by atoms with Crippen molar-refractivity contribution in [2.75, 3.05) is 6.54 Å². The van der Waals surface area contributed by atoms with Gasteiger partial charge in [0.15, 0.2) is 0 Å². The van der Waals surface area contributed by atoms with Crippen LogP contribution in [0.15, 0.2) is 11.4 Å². The number of rotatable bonds is 1. The lowest BCUT2D eigenvalue weighted by Crippen LogP contribution is -2.46. The molecule has 1 aromatic heterocycles. The Balaban J connectivity index is 1.77. The lowest BCUT2D eigenvalue weighted by Gasteiger charge is -2.42. The van der Waals surface area contributed by atoms with E-state index in [1.807, 2.05) is 11.3 Å². The summed E-state index contributed by atoms with van der Waals surface area (Å²) in [6.07, 6.45) is 6.32. The van der Waals surface area contributed by atoms with Crippen molar-refractivity contribution in [1.82, 2.24) is 4.90 Å². The van der Waals surface area contributed by atoms with Crippen LogP contribution in [0.2, 0.25) is 0 Å². The van der Waals surface area contributed by atoms with E-state index in [1.54, 1.807) is 10.4 Å². The molecule has 17 heavy (non-hydrogen) atoms. The van der Waals surface area contributed by atoms with Gasteiger partial charge >= 0.3 is 0 Å². The molecular formula is C14H22N2S. The predicted molar refractivity (Wildman–Crippen MR) is 73.4 cm³/mol. The van der Waals surface area contributed by atoms with E-state index in [1.165, 1.54) is 38.6 Å². The average Bonchev–Trinajstić information content (AvgIpc) is 2.78. The minimum atomic E-state index is 0.435. The lowest BCUT2D eigenvalue weighted by molar-refractivity contribution is 0.0991. The first kappa shape index (κ1) is 11.7. The van der Waals surface area contributed by atoms with E-state index in [-0.39, 0.29) is 0 Å². The summed E-state index contributed by atoms with van der Waals surface area (Å²) < 4.78 is 0. The first-order valence-corrected chi connectivity index (χ1v) is 7.71. The molecule has 0 saturated heterocycles. The van der Waals surface area contributed by atoms with Crippen molar-refractivity contribution in [3.8, 4) is 0 Å². The maximum Gasteiger partial charge on any atom is 0.0333 e. The number of nitrogens with zero attached hydrogens (tertiary/aromatic N) is 1. The SMILES string of the molecule is CC1c2ccsc2CCN1C1CCCC(N)C1. The molecule has 3 rings (SSSR count). The molecule has 94 valence electrons. The minimum absolute atomic E-state index is 0.435. The van der Waals surface area contributed by atoms with Crippen molar-refractivity contribution in [1.29, 1.82) is 0 Å². The van der Waals surface area contributed by atoms with Crippen LogP contribution in [0.4, 0.5) is 0 Å². The normalized spacial score (nSPS) is 34.6. The molecular weight excluding hydrogens is 228 g/mol. The molecule has 2 heterocycles. The van der Waals surface area contributed by atoms with Crippen molar-refractivity contribution in [2.45, 2.75) is 57.2 Å². The second-order valence-electron chi connectivity index (χ2n) is 5.54. The predicted octanol–water partition coefficient (Wildman–Crippen LogP) is 2.94. The van der Waals surface area contributed by atoms with E-state index in [0.717, 1.165) is 6.04 Å². The molecule has 1 fully saturated rings. The van der Waals surface area contributed by atoms with Crippen LogP contribution in [-0.2, 0) is 6.42 Å². The minimum Gasteiger partial charge on any atom is -0.328 e. The third kappa shape index (κ3) is 2.16. The van der Waals surface area contributed by atoms with E-state index in [0.29, 0.717) is 12.1 Å². The molecule has 2 aliphatic rings. The Morgan fingerprint density at radius 1 is 1.41 bits per heavy atom. The van der Waals surface area contributed by atoms with Gasteiger partial charge in [-0.2, -0.15) is 0 Å². The van der Waals surface area contributed by atoms with Crippen molar-refractivity contribution >= 4 is 11.3 Å². The first-order valence-electron chi connectivity index (χ1n) is 6.83. The Kier molecular flexibility index (Phi) is 3.24. The zero-order valence-corrected chi connectivity index (χ0v) is 11.4. The van der Waals surface area contributed by atoms with Crippen molar-refractivity contribution in [3.63, 3.8) is 0 Å². The monoisotopic (exact) mass is 250 g/mol. The summed E-state index contributed by atoms with van der Waals surface area (Å²) >= 11 is 1.93. The number of fused-ring (bicyclic) bond motifs is 1. The summed E-state index contributed by atoms with van der Waals surface area (Å²) in [6.45, 7) is 3.59. The third-order valence-electron chi connectivity index (χ3n) is 4.48. The van der Waals surface area contributed by atoms with E-state index < -0.39 is 0 Å². The molecule has 3 heteroatoms. The highest BCUT2D eigenvalue weighted by Crippen LogP contribution is 2.36. The zero-order chi connectivity index (χ0) is 11.8. The van der Waals surface area contributed by atoms with Crippen LogP contribution in [-0.4, -0.2) is 23.5 Å². The number of thiophene rings is 1. The van der Waals surface area contributed by atoms with Gasteiger partial charge in [-0.25, -0.2) is 0 Å². The van der Waals surface area contributed by atoms with Gasteiger partial charge in [-0.05, 0) is 49.6 Å². The van der Waals surface area contributed by atoms with Crippen LogP contribution in [0.25, 0.3) is 0 Å². The van der Waals surface area contributed by atoms with E-state index in [2.05, 4.69) is 23.3 Å². The molecule has 0 spiro atoms. The van der Waals surface area contributed by atoms with Gasteiger partial charge in [0.2, 0.25) is 0 Å². The third-order valence-corrected chi connectivity index (χ3v) is 5.48. The van der Waals surface area contributed by atoms with Crippen molar-refractivity contribution in [3.05, 3.63) is 21.9 Å². The second-order valence-corrected chi connectivity index (χ2v) is 6.54. The van der Waals surface area contributed by atoms with Gasteiger partial charge in [-0.3, -0.25) is 4.90 Å². The number of hydrogen-bond acceptors (Lipinski definition) is 3. The molecule has 0 amide bonds. The maximum atomic E-state index is 6.13. The summed E-state index contributed by atoms with van der Waals surface area (Å²) in [6, 6.07) is 4.08. The van der Waals surface area contributed by atoms with Crippen LogP contribution in [0.3, 0.4) is 0 Å². The summed E-state index contributed by atoms with van der Waals surface area (Å²) in [5.74, 6) is 0. The lowest BCUT2D eigenvalue weighted by atomic mass is 9.88. The van der Waals surface area contributed by atoms with Gasteiger partial charge in [-0.15, -0.1) is 11.3 Å². The van der Waals surface area contributed by atoms with Crippen LogP contribution in [0, 0.1) is 0 Å². The molecule has 3 unspecified atom stereocenters. The molecule has 1 aliphatic carbocycles. The van der Waals surface area contributed by atoms with E-state index in [9.17, 15) is 0 Å². The summed E-state index contributed by atoms with van der Waals surface area (Å²) in [5.41, 5.74) is 7.70. The van der Waals surface area contributed by atoms with Crippen LogP contribution in [0.1, 0.15) is 49.1 Å². The molecule has 1 saturated carbocycles. The quantitative estimate of drug-likeness (QED) is 0.830. The summed E-state index contributed by atoms with van der Waals surface area (Å²) in [7, 11) is 0. The smallest absolute Gasteiger partial charge is 0.0333 e. The molecule has 1 aliphatic heterocycles. The molecule has 3 atom stereocenters. The van der Waals surface area contributed by atoms with Crippen LogP contribution in [0.5, 0.6) is 0 Å². The zero-order valence-electron chi connectivity index (χ0n) is 10.6. The Bertz CT molecular complexity index is 387. The highest BCUT2D eigenvalue weighted by atomic mass is 32.1. The first-order chi connectivity index (χ1) is 8.25. The fourth-order valence-corrected chi connectivity index (χ4v) is 4.49.